The highest BCUT2D eigenvalue weighted by atomic mass is 15.1. The van der Waals surface area contributed by atoms with Crippen LogP contribution < -0.4 is 5.32 Å². The Labute approximate surface area is 130 Å². The normalized spacial score (nSPS) is 20.8. The molecule has 1 aliphatic heterocycles. The van der Waals surface area contributed by atoms with Gasteiger partial charge in [0.1, 0.15) is 0 Å². The fourth-order valence-electron chi connectivity index (χ4n) is 3.50. The van der Waals surface area contributed by atoms with Crippen LogP contribution in [-0.2, 0) is 0 Å². The minimum Gasteiger partial charge on any atom is -0.310 e. The summed E-state index contributed by atoms with van der Waals surface area (Å²) >= 11 is 0. The van der Waals surface area contributed by atoms with E-state index in [4.69, 9.17) is 0 Å². The van der Waals surface area contributed by atoms with Crippen molar-refractivity contribution in [3.8, 4) is 0 Å². The van der Waals surface area contributed by atoms with Crippen molar-refractivity contribution >= 4 is 0 Å². The summed E-state index contributed by atoms with van der Waals surface area (Å²) in [5, 5.41) is 3.65. The summed E-state index contributed by atoms with van der Waals surface area (Å²) < 4.78 is 0. The molecule has 1 saturated heterocycles. The Hall–Kier alpha value is -0.860. The number of hydrogen-bond acceptors (Lipinski definition) is 2. The fraction of sp³-hybridized carbons (Fsp3) is 0.684. The molecule has 2 rings (SSSR count). The zero-order valence-corrected chi connectivity index (χ0v) is 14.1. The highest BCUT2D eigenvalue weighted by molar-refractivity contribution is 5.24. The second kappa shape index (κ2) is 8.55. The molecule has 21 heavy (non-hydrogen) atoms. The van der Waals surface area contributed by atoms with Gasteiger partial charge < -0.3 is 10.2 Å². The maximum atomic E-state index is 3.65. The van der Waals surface area contributed by atoms with Crippen LogP contribution >= 0.6 is 0 Å². The molecule has 1 aromatic carbocycles. The molecule has 1 N–H and O–H groups in total. The second-order valence-electron chi connectivity index (χ2n) is 6.55. The molecule has 2 unspecified atom stereocenters. The molecule has 1 aromatic rings. The van der Waals surface area contributed by atoms with Crippen LogP contribution in [0.5, 0.6) is 0 Å². The van der Waals surface area contributed by atoms with Crippen molar-refractivity contribution in [1.29, 1.82) is 0 Å². The lowest BCUT2D eigenvalue weighted by atomic mass is 10.0. The molecule has 0 saturated carbocycles. The van der Waals surface area contributed by atoms with Gasteiger partial charge in [-0.25, -0.2) is 0 Å². The van der Waals surface area contributed by atoms with Crippen LogP contribution in [0, 0.1) is 12.8 Å². The molecule has 2 atom stereocenters. The Bertz CT molecular complexity index is 399. The molecule has 1 aliphatic rings. The standard InChI is InChI=1S/C19H32N2/c1-4-6-17-11-13-21(15-17)14-12-19(20-5-2)18-9-7-16(3)8-10-18/h7-10,17,19-20H,4-6,11-15H2,1-3H3. The number of nitrogens with one attached hydrogen (secondary N) is 1. The molecular weight excluding hydrogens is 256 g/mol. The lowest BCUT2D eigenvalue weighted by Gasteiger charge is -2.22. The van der Waals surface area contributed by atoms with Crippen molar-refractivity contribution in [2.24, 2.45) is 5.92 Å². The van der Waals surface area contributed by atoms with Gasteiger partial charge >= 0.3 is 0 Å². The topological polar surface area (TPSA) is 15.3 Å². The third-order valence-corrected chi connectivity index (χ3v) is 4.73. The minimum absolute atomic E-state index is 0.501. The number of likely N-dealkylation sites (tertiary alicyclic amines) is 1. The summed E-state index contributed by atoms with van der Waals surface area (Å²) in [6.07, 6.45) is 5.37. The third kappa shape index (κ3) is 5.12. The molecule has 2 heteroatoms. The summed E-state index contributed by atoms with van der Waals surface area (Å²) in [5.74, 6) is 0.951. The number of hydrogen-bond donors (Lipinski definition) is 1. The molecule has 0 aliphatic carbocycles. The summed E-state index contributed by atoms with van der Waals surface area (Å²) in [6, 6.07) is 9.53. The largest absolute Gasteiger partial charge is 0.310 e. The molecular formula is C19H32N2. The third-order valence-electron chi connectivity index (χ3n) is 4.73. The van der Waals surface area contributed by atoms with E-state index in [9.17, 15) is 0 Å². The van der Waals surface area contributed by atoms with Gasteiger partial charge in [0.25, 0.3) is 0 Å². The van der Waals surface area contributed by atoms with E-state index >= 15 is 0 Å². The number of aryl methyl sites for hydroxylation is 1. The van der Waals surface area contributed by atoms with E-state index in [1.807, 2.05) is 0 Å². The van der Waals surface area contributed by atoms with Crippen molar-refractivity contribution in [3.05, 3.63) is 35.4 Å². The van der Waals surface area contributed by atoms with Crippen LogP contribution in [0.1, 0.15) is 56.7 Å². The Kier molecular flexibility index (Phi) is 6.72. The van der Waals surface area contributed by atoms with Crippen LogP contribution in [-0.4, -0.2) is 31.1 Å². The lowest BCUT2D eigenvalue weighted by Crippen LogP contribution is -2.28. The van der Waals surface area contributed by atoms with Gasteiger partial charge in [0.15, 0.2) is 0 Å². The van der Waals surface area contributed by atoms with Crippen molar-refractivity contribution in [3.63, 3.8) is 0 Å². The highest BCUT2D eigenvalue weighted by Gasteiger charge is 2.22. The van der Waals surface area contributed by atoms with Gasteiger partial charge in [-0.05, 0) is 57.3 Å². The zero-order valence-electron chi connectivity index (χ0n) is 14.1. The number of rotatable bonds is 8. The first kappa shape index (κ1) is 16.5. The van der Waals surface area contributed by atoms with E-state index in [2.05, 4.69) is 55.3 Å². The van der Waals surface area contributed by atoms with Crippen molar-refractivity contribution in [2.75, 3.05) is 26.2 Å². The molecule has 0 radical (unpaired) electrons. The molecule has 118 valence electrons. The predicted octanol–water partition coefficient (Wildman–Crippen LogP) is 4.16. The molecule has 0 spiro atoms. The van der Waals surface area contributed by atoms with Crippen LogP contribution in [0.3, 0.4) is 0 Å². The molecule has 2 nitrogen and oxygen atoms in total. The van der Waals surface area contributed by atoms with Crippen molar-refractivity contribution < 1.29 is 0 Å². The lowest BCUT2D eigenvalue weighted by molar-refractivity contribution is 0.297. The molecule has 0 aromatic heterocycles. The van der Waals surface area contributed by atoms with Gasteiger partial charge in [0.05, 0.1) is 0 Å². The van der Waals surface area contributed by atoms with E-state index in [1.165, 1.54) is 56.4 Å². The maximum absolute atomic E-state index is 3.65. The second-order valence-corrected chi connectivity index (χ2v) is 6.55. The predicted molar refractivity (Wildman–Crippen MR) is 91.7 cm³/mol. The number of benzene rings is 1. The van der Waals surface area contributed by atoms with E-state index in [-0.39, 0.29) is 0 Å². The minimum atomic E-state index is 0.501. The first-order valence-corrected chi connectivity index (χ1v) is 8.75. The Morgan fingerprint density at radius 2 is 2.00 bits per heavy atom. The summed E-state index contributed by atoms with van der Waals surface area (Å²) in [7, 11) is 0. The molecule has 1 heterocycles. The molecule has 0 amide bonds. The Balaban J connectivity index is 1.84. The molecule has 1 fully saturated rings. The van der Waals surface area contributed by atoms with Crippen LogP contribution in [0.15, 0.2) is 24.3 Å². The quantitative estimate of drug-likeness (QED) is 0.773. The average Bonchev–Trinajstić information content (AvgIpc) is 2.93. The summed E-state index contributed by atoms with van der Waals surface area (Å²) in [5.41, 5.74) is 2.78. The van der Waals surface area contributed by atoms with E-state index in [0.717, 1.165) is 12.5 Å². The SMILES string of the molecule is CCCC1CCN(CCC(NCC)c2ccc(C)cc2)C1. The van der Waals surface area contributed by atoms with Crippen molar-refractivity contribution in [2.45, 2.75) is 52.5 Å². The maximum Gasteiger partial charge on any atom is 0.0332 e. The Morgan fingerprint density at radius 3 is 2.67 bits per heavy atom. The van der Waals surface area contributed by atoms with Gasteiger partial charge in [-0.3, -0.25) is 0 Å². The van der Waals surface area contributed by atoms with Crippen LogP contribution in [0.2, 0.25) is 0 Å². The average molecular weight is 288 g/mol. The number of nitrogens with zero attached hydrogens (tertiary/aromatic N) is 1. The monoisotopic (exact) mass is 288 g/mol. The van der Waals surface area contributed by atoms with Gasteiger partial charge in [-0.1, -0.05) is 50.1 Å². The van der Waals surface area contributed by atoms with Crippen LogP contribution in [0.25, 0.3) is 0 Å². The van der Waals surface area contributed by atoms with Gasteiger partial charge in [0, 0.05) is 12.6 Å². The van der Waals surface area contributed by atoms with Gasteiger partial charge in [-0.15, -0.1) is 0 Å². The van der Waals surface area contributed by atoms with Gasteiger partial charge in [0.2, 0.25) is 0 Å². The first-order chi connectivity index (χ1) is 10.2. The van der Waals surface area contributed by atoms with E-state index < -0.39 is 0 Å². The zero-order chi connectivity index (χ0) is 15.1. The first-order valence-electron chi connectivity index (χ1n) is 8.75. The summed E-state index contributed by atoms with van der Waals surface area (Å²) in [6.45, 7) is 11.6. The summed E-state index contributed by atoms with van der Waals surface area (Å²) in [4.78, 5) is 2.67. The Morgan fingerprint density at radius 1 is 1.24 bits per heavy atom. The highest BCUT2D eigenvalue weighted by Crippen LogP contribution is 2.23. The van der Waals surface area contributed by atoms with E-state index in [0.29, 0.717) is 6.04 Å². The van der Waals surface area contributed by atoms with Crippen LogP contribution in [0.4, 0.5) is 0 Å². The molecule has 0 bridgehead atoms. The van der Waals surface area contributed by atoms with Gasteiger partial charge in [-0.2, -0.15) is 0 Å². The van der Waals surface area contributed by atoms with E-state index in [1.54, 1.807) is 0 Å². The fourth-order valence-corrected chi connectivity index (χ4v) is 3.50. The smallest absolute Gasteiger partial charge is 0.0332 e. The van der Waals surface area contributed by atoms with Crippen molar-refractivity contribution in [1.82, 2.24) is 10.2 Å².